The number of carbonyl (C=O) groups excluding carboxylic acids is 1. The zero-order valence-electron chi connectivity index (χ0n) is 9.78. The molecule has 1 unspecified atom stereocenters. The molecule has 1 heterocycles. The molecule has 6 heteroatoms. The van der Waals surface area contributed by atoms with Crippen LogP contribution in [0.2, 0.25) is 0 Å². The molecule has 1 aromatic rings. The predicted octanol–water partition coefficient (Wildman–Crippen LogP) is 2.52. The van der Waals surface area contributed by atoms with Crippen LogP contribution in [0.3, 0.4) is 0 Å². The monoisotopic (exact) mass is 265 g/mol. The molecule has 1 aliphatic carbocycles. The first-order chi connectivity index (χ1) is 8.94. The molecule has 1 saturated carbocycles. The summed E-state index contributed by atoms with van der Waals surface area (Å²) in [5.74, 6) is -0.160. The molecule has 3 rings (SSSR count). The van der Waals surface area contributed by atoms with Crippen LogP contribution in [0.1, 0.15) is 24.8 Å². The smallest absolute Gasteiger partial charge is 0.395 e. The van der Waals surface area contributed by atoms with Crippen molar-refractivity contribution in [2.24, 2.45) is 0 Å². The van der Waals surface area contributed by atoms with Crippen molar-refractivity contribution in [2.75, 3.05) is 0 Å². The number of fused-ring (bicyclic) bond motifs is 1. The summed E-state index contributed by atoms with van der Waals surface area (Å²) in [7, 11) is 0. The summed E-state index contributed by atoms with van der Waals surface area (Å²) in [6.07, 6.45) is -2.83. The first kappa shape index (κ1) is 11.9. The first-order valence-electron chi connectivity index (χ1n) is 5.77. The number of halogens is 2. The average Bonchev–Trinajstić information content (AvgIpc) is 2.87. The van der Waals surface area contributed by atoms with Gasteiger partial charge in [-0.25, -0.2) is 0 Å². The van der Waals surface area contributed by atoms with Gasteiger partial charge in [-0.2, -0.15) is 5.26 Å². The fraction of sp³-hybridized carbons (Fsp3) is 0.385. The summed E-state index contributed by atoms with van der Waals surface area (Å²) in [6, 6.07) is 6.36. The van der Waals surface area contributed by atoms with Crippen LogP contribution in [0, 0.1) is 11.3 Å². The fourth-order valence-electron chi connectivity index (χ4n) is 2.52. The summed E-state index contributed by atoms with van der Waals surface area (Å²) in [6.45, 7) is 0. The Morgan fingerprint density at radius 2 is 2.00 bits per heavy atom. The van der Waals surface area contributed by atoms with Crippen LogP contribution in [-0.4, -0.2) is 12.1 Å². The maximum absolute atomic E-state index is 12.9. The van der Waals surface area contributed by atoms with Crippen molar-refractivity contribution < 1.29 is 23.0 Å². The average molecular weight is 265 g/mol. The molecule has 0 amide bonds. The van der Waals surface area contributed by atoms with Crippen molar-refractivity contribution in [2.45, 2.75) is 31.0 Å². The van der Waals surface area contributed by atoms with E-state index < -0.39 is 11.7 Å². The minimum absolute atomic E-state index is 0.00421. The normalized spacial score (nSPS) is 27.3. The molecule has 0 bridgehead atoms. The van der Waals surface area contributed by atoms with Crippen LogP contribution < -0.4 is 9.47 Å². The molecule has 0 aromatic heterocycles. The Labute approximate surface area is 107 Å². The third-order valence-corrected chi connectivity index (χ3v) is 3.50. The molecule has 0 saturated heterocycles. The largest absolute Gasteiger partial charge is 0.586 e. The van der Waals surface area contributed by atoms with E-state index in [9.17, 15) is 18.8 Å². The number of alkyl halides is 2. The summed E-state index contributed by atoms with van der Waals surface area (Å²) < 4.78 is 34.5. The Morgan fingerprint density at radius 3 is 2.63 bits per heavy atom. The number of nitrogens with zero attached hydrogens (tertiary/aromatic N) is 1. The zero-order chi connectivity index (χ0) is 13.7. The van der Waals surface area contributed by atoms with E-state index in [1.54, 1.807) is 0 Å². The van der Waals surface area contributed by atoms with E-state index in [1.807, 2.05) is 0 Å². The van der Waals surface area contributed by atoms with Gasteiger partial charge < -0.3 is 9.47 Å². The van der Waals surface area contributed by atoms with Gasteiger partial charge in [-0.3, -0.25) is 4.79 Å². The highest BCUT2D eigenvalue weighted by atomic mass is 19.3. The maximum Gasteiger partial charge on any atom is 0.586 e. The molecule has 1 atom stereocenters. The summed E-state index contributed by atoms with van der Waals surface area (Å²) in [4.78, 5) is 11.4. The molecule has 1 aliphatic heterocycles. The van der Waals surface area contributed by atoms with Gasteiger partial charge in [0.15, 0.2) is 11.5 Å². The molecule has 0 spiro atoms. The number of Topliss-reactive ketones (excluding diaryl/α,β-unsaturated/α-hetero) is 1. The maximum atomic E-state index is 12.9. The van der Waals surface area contributed by atoms with Crippen LogP contribution in [0.25, 0.3) is 0 Å². The third kappa shape index (κ3) is 1.82. The van der Waals surface area contributed by atoms with Crippen LogP contribution in [0.5, 0.6) is 11.5 Å². The predicted molar refractivity (Wildman–Crippen MR) is 58.8 cm³/mol. The van der Waals surface area contributed by atoms with Gasteiger partial charge >= 0.3 is 6.29 Å². The third-order valence-electron chi connectivity index (χ3n) is 3.50. The number of hydrogen-bond acceptors (Lipinski definition) is 4. The number of ether oxygens (including phenoxy) is 2. The van der Waals surface area contributed by atoms with Crippen LogP contribution >= 0.6 is 0 Å². The minimum atomic E-state index is -3.67. The van der Waals surface area contributed by atoms with Gasteiger partial charge in [0.1, 0.15) is 5.78 Å². The molecule has 0 radical (unpaired) electrons. The van der Waals surface area contributed by atoms with Gasteiger partial charge in [0.2, 0.25) is 0 Å². The second-order valence-electron chi connectivity index (χ2n) is 4.74. The Balaban J connectivity index is 2.01. The van der Waals surface area contributed by atoms with Gasteiger partial charge in [-0.1, -0.05) is 6.07 Å². The number of ketones is 1. The van der Waals surface area contributed by atoms with Gasteiger partial charge in [0.05, 0.1) is 11.5 Å². The molecule has 0 N–H and O–H groups in total. The minimum Gasteiger partial charge on any atom is -0.395 e. The highest BCUT2D eigenvalue weighted by Crippen LogP contribution is 2.46. The Kier molecular flexibility index (Phi) is 2.30. The summed E-state index contributed by atoms with van der Waals surface area (Å²) in [5, 5.41) is 9.32. The SMILES string of the molecule is N#CC1(c2ccc3c(c2)OC(F)(F)O3)CCC(=O)C1. The molecular weight excluding hydrogens is 256 g/mol. The van der Waals surface area contributed by atoms with Crippen molar-refractivity contribution >= 4 is 5.78 Å². The van der Waals surface area contributed by atoms with E-state index in [2.05, 4.69) is 15.5 Å². The van der Waals surface area contributed by atoms with Crippen LogP contribution in [0.15, 0.2) is 18.2 Å². The van der Waals surface area contributed by atoms with Crippen LogP contribution in [-0.2, 0) is 10.2 Å². The topological polar surface area (TPSA) is 59.3 Å². The van der Waals surface area contributed by atoms with E-state index in [0.717, 1.165) is 0 Å². The Morgan fingerprint density at radius 1 is 1.26 bits per heavy atom. The summed E-state index contributed by atoms with van der Waals surface area (Å²) in [5.41, 5.74) is -0.422. The molecule has 98 valence electrons. The first-order valence-corrected chi connectivity index (χ1v) is 5.77. The lowest BCUT2D eigenvalue weighted by Crippen LogP contribution is -2.26. The molecule has 19 heavy (non-hydrogen) atoms. The van der Waals surface area contributed by atoms with Gasteiger partial charge in [0, 0.05) is 12.8 Å². The van der Waals surface area contributed by atoms with E-state index >= 15 is 0 Å². The highest BCUT2D eigenvalue weighted by Gasteiger charge is 2.45. The molecule has 1 fully saturated rings. The Hall–Kier alpha value is -2.16. The molecule has 2 aliphatic rings. The quantitative estimate of drug-likeness (QED) is 0.782. The number of carbonyl (C=O) groups is 1. The fourth-order valence-corrected chi connectivity index (χ4v) is 2.52. The van der Waals surface area contributed by atoms with Crippen molar-refractivity contribution in [3.63, 3.8) is 0 Å². The van der Waals surface area contributed by atoms with Crippen molar-refractivity contribution in [1.29, 1.82) is 5.26 Å². The molecule has 1 aromatic carbocycles. The number of rotatable bonds is 1. The van der Waals surface area contributed by atoms with Crippen molar-refractivity contribution in [3.05, 3.63) is 23.8 Å². The lowest BCUT2D eigenvalue weighted by atomic mass is 9.80. The second-order valence-corrected chi connectivity index (χ2v) is 4.74. The second kappa shape index (κ2) is 3.67. The Bertz CT molecular complexity index is 608. The van der Waals surface area contributed by atoms with Crippen molar-refractivity contribution in [1.82, 2.24) is 0 Å². The zero-order valence-corrected chi connectivity index (χ0v) is 9.78. The van der Waals surface area contributed by atoms with Gasteiger partial charge in [-0.15, -0.1) is 8.78 Å². The van der Waals surface area contributed by atoms with E-state index in [0.29, 0.717) is 18.4 Å². The van der Waals surface area contributed by atoms with Crippen molar-refractivity contribution in [3.8, 4) is 17.6 Å². The molecular formula is C13H9F2NO3. The number of benzene rings is 1. The number of nitriles is 1. The summed E-state index contributed by atoms with van der Waals surface area (Å²) >= 11 is 0. The van der Waals surface area contributed by atoms with E-state index in [4.69, 9.17) is 0 Å². The lowest BCUT2D eigenvalue weighted by Gasteiger charge is -2.19. The van der Waals surface area contributed by atoms with Gasteiger partial charge in [0.25, 0.3) is 0 Å². The van der Waals surface area contributed by atoms with E-state index in [1.165, 1.54) is 18.2 Å². The van der Waals surface area contributed by atoms with E-state index in [-0.39, 0.29) is 23.7 Å². The molecule has 4 nitrogen and oxygen atoms in total. The standard InChI is InChI=1S/C13H9F2NO3/c14-13(15)18-10-2-1-8(5-11(10)19-13)12(7-16)4-3-9(17)6-12/h1-2,5H,3-4,6H2. The number of hydrogen-bond donors (Lipinski definition) is 0. The highest BCUT2D eigenvalue weighted by molar-refractivity contribution is 5.83. The lowest BCUT2D eigenvalue weighted by molar-refractivity contribution is -0.286. The van der Waals surface area contributed by atoms with Gasteiger partial charge in [-0.05, 0) is 24.1 Å². The van der Waals surface area contributed by atoms with Crippen LogP contribution in [0.4, 0.5) is 8.78 Å².